The monoisotopic (exact) mass is 262 g/mol. The lowest BCUT2D eigenvalue weighted by molar-refractivity contribution is 0.0693. The van der Waals surface area contributed by atoms with E-state index in [1.54, 1.807) is 6.07 Å². The Labute approximate surface area is 114 Å². The average molecular weight is 262 g/mol. The van der Waals surface area contributed by atoms with Crippen LogP contribution in [-0.2, 0) is 0 Å². The normalized spacial score (nSPS) is 16.8. The van der Waals surface area contributed by atoms with Gasteiger partial charge in [0.2, 0.25) is 0 Å². The lowest BCUT2D eigenvalue weighted by atomic mass is 9.82. The number of phenols is 1. The molecule has 0 unspecified atom stereocenters. The van der Waals surface area contributed by atoms with Gasteiger partial charge in [-0.25, -0.2) is 4.79 Å². The number of carboxylic acids is 1. The van der Waals surface area contributed by atoms with Crippen LogP contribution in [-0.4, -0.2) is 16.2 Å². The molecule has 0 saturated heterocycles. The highest BCUT2D eigenvalue weighted by atomic mass is 16.4. The molecule has 2 rings (SSSR count). The third-order valence-corrected chi connectivity index (χ3v) is 4.09. The van der Waals surface area contributed by atoms with E-state index >= 15 is 0 Å². The van der Waals surface area contributed by atoms with Gasteiger partial charge >= 0.3 is 5.97 Å². The van der Waals surface area contributed by atoms with Crippen LogP contribution in [0, 0.1) is 0 Å². The summed E-state index contributed by atoms with van der Waals surface area (Å²) in [7, 11) is 0. The Morgan fingerprint density at radius 1 is 1.21 bits per heavy atom. The fourth-order valence-corrected chi connectivity index (χ4v) is 2.95. The minimum absolute atomic E-state index is 0.0479. The summed E-state index contributed by atoms with van der Waals surface area (Å²) < 4.78 is 0. The Morgan fingerprint density at radius 2 is 1.84 bits per heavy atom. The van der Waals surface area contributed by atoms with Crippen molar-refractivity contribution in [1.82, 2.24) is 0 Å². The molecule has 0 radical (unpaired) electrons. The van der Waals surface area contributed by atoms with Crippen LogP contribution in [0.5, 0.6) is 5.75 Å². The number of hydrogen-bond acceptors (Lipinski definition) is 2. The highest BCUT2D eigenvalue weighted by Gasteiger charge is 2.22. The van der Waals surface area contributed by atoms with E-state index in [9.17, 15) is 15.0 Å². The second kappa shape index (κ2) is 5.64. The molecular weight excluding hydrogens is 240 g/mol. The van der Waals surface area contributed by atoms with Crippen molar-refractivity contribution < 1.29 is 15.0 Å². The third-order valence-electron chi connectivity index (χ3n) is 4.09. The molecule has 1 aliphatic rings. The van der Waals surface area contributed by atoms with Crippen molar-refractivity contribution in [2.24, 2.45) is 0 Å². The molecule has 0 bridgehead atoms. The lowest BCUT2D eigenvalue weighted by Crippen LogP contribution is -2.08. The molecule has 1 fully saturated rings. The van der Waals surface area contributed by atoms with Gasteiger partial charge in [-0.1, -0.05) is 39.2 Å². The van der Waals surface area contributed by atoms with Gasteiger partial charge < -0.3 is 10.2 Å². The number of hydrogen-bond donors (Lipinski definition) is 2. The molecule has 1 aliphatic carbocycles. The van der Waals surface area contributed by atoms with Crippen LogP contribution in [0.25, 0.3) is 0 Å². The molecule has 19 heavy (non-hydrogen) atoms. The molecule has 0 aliphatic heterocycles. The molecule has 104 valence electrons. The number of carboxylic acid groups (broad SMARTS) is 1. The molecule has 0 spiro atoms. The van der Waals surface area contributed by atoms with Crippen LogP contribution in [0.3, 0.4) is 0 Å². The quantitative estimate of drug-likeness (QED) is 0.855. The Hall–Kier alpha value is -1.51. The second-order valence-corrected chi connectivity index (χ2v) is 5.80. The van der Waals surface area contributed by atoms with E-state index in [0.717, 1.165) is 24.0 Å². The standard InChI is InChI=1S/C16H22O3/c1-10(2)13-8-12(11-6-4-3-5-7-11)9-14(15(13)17)16(18)19/h8-11,17H,3-7H2,1-2H3,(H,18,19). The Balaban J connectivity index is 2.46. The summed E-state index contributed by atoms with van der Waals surface area (Å²) in [6.07, 6.45) is 5.95. The molecular formula is C16H22O3. The molecule has 3 nitrogen and oxygen atoms in total. The van der Waals surface area contributed by atoms with E-state index in [0.29, 0.717) is 5.92 Å². The zero-order valence-corrected chi connectivity index (χ0v) is 11.6. The zero-order chi connectivity index (χ0) is 14.0. The summed E-state index contributed by atoms with van der Waals surface area (Å²) in [6.45, 7) is 3.96. The van der Waals surface area contributed by atoms with Gasteiger partial charge in [0, 0.05) is 0 Å². The van der Waals surface area contributed by atoms with E-state index in [1.807, 2.05) is 19.9 Å². The number of rotatable bonds is 3. The molecule has 0 amide bonds. The highest BCUT2D eigenvalue weighted by molar-refractivity contribution is 5.91. The molecule has 0 aromatic heterocycles. The van der Waals surface area contributed by atoms with E-state index in [-0.39, 0.29) is 17.2 Å². The summed E-state index contributed by atoms with van der Waals surface area (Å²) in [4.78, 5) is 11.3. The van der Waals surface area contributed by atoms with Crippen LogP contribution in [0.1, 0.15) is 79.3 Å². The fraction of sp³-hybridized carbons (Fsp3) is 0.562. The van der Waals surface area contributed by atoms with Gasteiger partial charge in [0.25, 0.3) is 0 Å². The van der Waals surface area contributed by atoms with Gasteiger partial charge in [-0.2, -0.15) is 0 Å². The summed E-state index contributed by atoms with van der Waals surface area (Å²) in [5, 5.41) is 19.3. The van der Waals surface area contributed by atoms with Crippen LogP contribution < -0.4 is 0 Å². The summed E-state index contributed by atoms with van der Waals surface area (Å²) in [5.41, 5.74) is 1.88. The maximum absolute atomic E-state index is 11.3. The van der Waals surface area contributed by atoms with Crippen molar-refractivity contribution in [2.75, 3.05) is 0 Å². The predicted molar refractivity (Wildman–Crippen MR) is 75.0 cm³/mol. The third kappa shape index (κ3) is 2.91. The van der Waals surface area contributed by atoms with Crippen LogP contribution in [0.4, 0.5) is 0 Å². The highest BCUT2D eigenvalue weighted by Crippen LogP contribution is 2.38. The smallest absolute Gasteiger partial charge is 0.339 e. The first-order valence-electron chi connectivity index (χ1n) is 7.10. The molecule has 0 atom stereocenters. The topological polar surface area (TPSA) is 57.5 Å². The lowest BCUT2D eigenvalue weighted by Gasteiger charge is -2.24. The first-order valence-corrected chi connectivity index (χ1v) is 7.10. The first-order chi connectivity index (χ1) is 9.00. The molecule has 1 aromatic rings. The number of carbonyl (C=O) groups is 1. The van der Waals surface area contributed by atoms with E-state index in [1.165, 1.54) is 19.3 Å². The minimum Gasteiger partial charge on any atom is -0.507 e. The SMILES string of the molecule is CC(C)c1cc(C2CCCCC2)cc(C(=O)O)c1O. The molecule has 3 heteroatoms. The van der Waals surface area contributed by atoms with E-state index in [4.69, 9.17) is 0 Å². The Morgan fingerprint density at radius 3 is 2.37 bits per heavy atom. The van der Waals surface area contributed by atoms with Gasteiger partial charge in [0.05, 0.1) is 0 Å². The van der Waals surface area contributed by atoms with Crippen LogP contribution >= 0.6 is 0 Å². The van der Waals surface area contributed by atoms with Gasteiger partial charge in [0.15, 0.2) is 0 Å². The number of benzene rings is 1. The number of aromatic hydroxyl groups is 1. The molecule has 1 aromatic carbocycles. The Bertz CT molecular complexity index is 471. The van der Waals surface area contributed by atoms with E-state index < -0.39 is 5.97 Å². The van der Waals surface area contributed by atoms with Crippen molar-refractivity contribution in [1.29, 1.82) is 0 Å². The van der Waals surface area contributed by atoms with Crippen molar-refractivity contribution in [3.8, 4) is 5.75 Å². The van der Waals surface area contributed by atoms with Crippen LogP contribution in [0.15, 0.2) is 12.1 Å². The second-order valence-electron chi connectivity index (χ2n) is 5.80. The van der Waals surface area contributed by atoms with Crippen molar-refractivity contribution in [3.63, 3.8) is 0 Å². The summed E-state index contributed by atoms with van der Waals surface area (Å²) in [6, 6.07) is 3.67. The minimum atomic E-state index is -1.04. The fourth-order valence-electron chi connectivity index (χ4n) is 2.95. The summed E-state index contributed by atoms with van der Waals surface area (Å²) >= 11 is 0. The predicted octanol–water partition coefficient (Wildman–Crippen LogP) is 4.26. The van der Waals surface area contributed by atoms with Gasteiger partial charge in [-0.3, -0.25) is 0 Å². The first kappa shape index (κ1) is 13.9. The Kier molecular flexibility index (Phi) is 4.13. The average Bonchev–Trinajstić information content (AvgIpc) is 2.39. The molecule has 1 saturated carbocycles. The van der Waals surface area contributed by atoms with Gasteiger partial charge in [0.1, 0.15) is 11.3 Å². The summed E-state index contributed by atoms with van der Waals surface area (Å²) in [5.74, 6) is -0.536. The molecule has 2 N–H and O–H groups in total. The van der Waals surface area contributed by atoms with Gasteiger partial charge in [-0.15, -0.1) is 0 Å². The largest absolute Gasteiger partial charge is 0.507 e. The van der Waals surface area contributed by atoms with Crippen molar-refractivity contribution in [2.45, 2.75) is 57.8 Å². The maximum atomic E-state index is 11.3. The molecule has 0 heterocycles. The van der Waals surface area contributed by atoms with Crippen LogP contribution in [0.2, 0.25) is 0 Å². The van der Waals surface area contributed by atoms with E-state index in [2.05, 4.69) is 0 Å². The zero-order valence-electron chi connectivity index (χ0n) is 11.6. The van der Waals surface area contributed by atoms with Crippen molar-refractivity contribution in [3.05, 3.63) is 28.8 Å². The number of aromatic carboxylic acids is 1. The van der Waals surface area contributed by atoms with Gasteiger partial charge in [-0.05, 0) is 41.9 Å². The van der Waals surface area contributed by atoms with Crippen molar-refractivity contribution >= 4 is 5.97 Å². The maximum Gasteiger partial charge on any atom is 0.339 e.